The van der Waals surface area contributed by atoms with E-state index in [-0.39, 0.29) is 23.3 Å². The summed E-state index contributed by atoms with van der Waals surface area (Å²) in [4.78, 5) is 27.3. The van der Waals surface area contributed by atoms with Gasteiger partial charge in [-0.15, -0.1) is 0 Å². The lowest BCUT2D eigenvalue weighted by atomic mass is 9.69. The molecule has 1 atom stereocenters. The second-order valence-corrected chi connectivity index (χ2v) is 7.30. The summed E-state index contributed by atoms with van der Waals surface area (Å²) in [7, 11) is 0. The van der Waals surface area contributed by atoms with Gasteiger partial charge >= 0.3 is 0 Å². The van der Waals surface area contributed by atoms with Crippen molar-refractivity contribution >= 4 is 11.8 Å². The fourth-order valence-electron chi connectivity index (χ4n) is 4.19. The predicted molar refractivity (Wildman–Crippen MR) is 77.1 cm³/mol. The highest BCUT2D eigenvalue weighted by Crippen LogP contribution is 2.43. The van der Waals surface area contributed by atoms with Crippen molar-refractivity contribution < 1.29 is 9.59 Å². The first-order chi connectivity index (χ1) is 9.50. The molecule has 2 amide bonds. The van der Waals surface area contributed by atoms with E-state index in [1.807, 2.05) is 11.8 Å². The molecule has 1 N–H and O–H groups in total. The van der Waals surface area contributed by atoms with Gasteiger partial charge in [0.25, 0.3) is 0 Å². The van der Waals surface area contributed by atoms with E-state index in [0.29, 0.717) is 6.42 Å². The Labute approximate surface area is 121 Å². The van der Waals surface area contributed by atoms with Crippen LogP contribution in [0, 0.1) is 5.41 Å². The molecular weight excluding hydrogens is 252 g/mol. The van der Waals surface area contributed by atoms with E-state index in [2.05, 4.69) is 12.2 Å². The quantitative estimate of drug-likeness (QED) is 0.860. The minimum Gasteiger partial charge on any atom is -0.340 e. The SMILES string of the molecule is CCC1C(=O)NC2(CCCC2)C(=O)N1CC1(C)CCC1. The molecule has 1 saturated heterocycles. The molecule has 0 bridgehead atoms. The van der Waals surface area contributed by atoms with Crippen LogP contribution in [0.1, 0.15) is 65.2 Å². The second-order valence-electron chi connectivity index (χ2n) is 7.30. The van der Waals surface area contributed by atoms with Crippen LogP contribution in [0.3, 0.4) is 0 Å². The molecule has 1 unspecified atom stereocenters. The summed E-state index contributed by atoms with van der Waals surface area (Å²) in [6.07, 6.45) is 8.07. The first-order valence-electron chi connectivity index (χ1n) is 8.13. The standard InChI is InChI=1S/C16H26N2O2/c1-3-12-13(19)17-16(9-4-5-10-16)14(20)18(12)11-15(2)7-6-8-15/h12H,3-11H2,1-2H3,(H,17,19). The van der Waals surface area contributed by atoms with Crippen molar-refractivity contribution in [2.75, 3.05) is 6.54 Å². The van der Waals surface area contributed by atoms with Crippen molar-refractivity contribution in [1.82, 2.24) is 10.2 Å². The summed E-state index contributed by atoms with van der Waals surface area (Å²) in [5.41, 5.74) is -0.330. The maximum atomic E-state index is 13.0. The summed E-state index contributed by atoms with van der Waals surface area (Å²) in [5.74, 6) is 0.256. The van der Waals surface area contributed by atoms with Crippen molar-refractivity contribution in [2.24, 2.45) is 5.41 Å². The van der Waals surface area contributed by atoms with E-state index in [4.69, 9.17) is 0 Å². The number of nitrogens with zero attached hydrogens (tertiary/aromatic N) is 1. The normalized spacial score (nSPS) is 31.3. The van der Waals surface area contributed by atoms with Gasteiger partial charge < -0.3 is 10.2 Å². The van der Waals surface area contributed by atoms with E-state index in [1.54, 1.807) is 0 Å². The average Bonchev–Trinajstić information content (AvgIpc) is 2.83. The molecule has 3 rings (SSSR count). The Bertz CT molecular complexity index is 422. The third-order valence-corrected chi connectivity index (χ3v) is 5.67. The fraction of sp³-hybridized carbons (Fsp3) is 0.875. The van der Waals surface area contributed by atoms with Gasteiger partial charge in [-0.05, 0) is 37.5 Å². The number of piperazine rings is 1. The Morgan fingerprint density at radius 1 is 1.15 bits per heavy atom. The summed E-state index contributed by atoms with van der Waals surface area (Å²) < 4.78 is 0. The van der Waals surface area contributed by atoms with E-state index in [0.717, 1.165) is 32.2 Å². The van der Waals surface area contributed by atoms with Crippen LogP contribution in [0.4, 0.5) is 0 Å². The minimum absolute atomic E-state index is 0.0666. The van der Waals surface area contributed by atoms with Crippen molar-refractivity contribution in [1.29, 1.82) is 0 Å². The van der Waals surface area contributed by atoms with Crippen LogP contribution in [-0.4, -0.2) is 34.8 Å². The smallest absolute Gasteiger partial charge is 0.249 e. The molecule has 1 aliphatic heterocycles. The van der Waals surface area contributed by atoms with E-state index >= 15 is 0 Å². The second kappa shape index (κ2) is 4.74. The molecule has 4 heteroatoms. The number of carbonyl (C=O) groups excluding carboxylic acids is 2. The molecule has 0 radical (unpaired) electrons. The molecule has 1 spiro atoms. The highest BCUT2D eigenvalue weighted by Gasteiger charge is 2.53. The molecule has 0 aromatic heterocycles. The highest BCUT2D eigenvalue weighted by molar-refractivity contribution is 6.00. The maximum Gasteiger partial charge on any atom is 0.249 e. The molecular formula is C16H26N2O2. The van der Waals surface area contributed by atoms with Crippen LogP contribution < -0.4 is 5.32 Å². The fourth-order valence-corrected chi connectivity index (χ4v) is 4.19. The Hall–Kier alpha value is -1.06. The molecule has 3 aliphatic rings. The van der Waals surface area contributed by atoms with Gasteiger partial charge in [-0.2, -0.15) is 0 Å². The monoisotopic (exact) mass is 278 g/mol. The van der Waals surface area contributed by atoms with Crippen molar-refractivity contribution in [2.45, 2.75) is 76.8 Å². The largest absolute Gasteiger partial charge is 0.340 e. The Morgan fingerprint density at radius 2 is 1.80 bits per heavy atom. The topological polar surface area (TPSA) is 49.4 Å². The maximum absolute atomic E-state index is 13.0. The molecule has 2 aliphatic carbocycles. The Balaban J connectivity index is 1.85. The van der Waals surface area contributed by atoms with Gasteiger partial charge in [-0.3, -0.25) is 9.59 Å². The lowest BCUT2D eigenvalue weighted by Gasteiger charge is -2.49. The summed E-state index contributed by atoms with van der Waals surface area (Å²) >= 11 is 0. The minimum atomic E-state index is -0.567. The zero-order valence-electron chi connectivity index (χ0n) is 12.7. The van der Waals surface area contributed by atoms with Crippen LogP contribution in [0.5, 0.6) is 0 Å². The molecule has 2 saturated carbocycles. The summed E-state index contributed by atoms with van der Waals surface area (Å²) in [6, 6.07) is -0.258. The molecule has 4 nitrogen and oxygen atoms in total. The molecule has 0 aromatic rings. The Kier molecular flexibility index (Phi) is 3.30. The van der Waals surface area contributed by atoms with E-state index in [1.165, 1.54) is 19.3 Å². The van der Waals surface area contributed by atoms with Crippen LogP contribution in [0.25, 0.3) is 0 Å². The first-order valence-corrected chi connectivity index (χ1v) is 8.13. The van der Waals surface area contributed by atoms with Gasteiger partial charge in [0.05, 0.1) is 0 Å². The van der Waals surface area contributed by atoms with Crippen LogP contribution in [-0.2, 0) is 9.59 Å². The number of amides is 2. The van der Waals surface area contributed by atoms with Crippen molar-refractivity contribution in [3.05, 3.63) is 0 Å². The molecule has 0 aromatic carbocycles. The van der Waals surface area contributed by atoms with Gasteiger partial charge in [-0.25, -0.2) is 0 Å². The highest BCUT2D eigenvalue weighted by atomic mass is 16.2. The third-order valence-electron chi connectivity index (χ3n) is 5.67. The number of carbonyl (C=O) groups is 2. The molecule has 3 fully saturated rings. The molecule has 20 heavy (non-hydrogen) atoms. The predicted octanol–water partition coefficient (Wildman–Crippen LogP) is 2.23. The third kappa shape index (κ3) is 2.04. The van der Waals surface area contributed by atoms with Crippen LogP contribution >= 0.6 is 0 Å². The molecule has 1 heterocycles. The number of rotatable bonds is 3. The Morgan fingerprint density at radius 3 is 2.30 bits per heavy atom. The van der Waals surface area contributed by atoms with Crippen LogP contribution in [0.15, 0.2) is 0 Å². The molecule has 112 valence electrons. The van der Waals surface area contributed by atoms with Gasteiger partial charge in [0.1, 0.15) is 11.6 Å². The van der Waals surface area contributed by atoms with Crippen molar-refractivity contribution in [3.63, 3.8) is 0 Å². The van der Waals surface area contributed by atoms with Crippen molar-refractivity contribution in [3.8, 4) is 0 Å². The van der Waals surface area contributed by atoms with E-state index in [9.17, 15) is 9.59 Å². The summed E-state index contributed by atoms with van der Waals surface area (Å²) in [5, 5.41) is 3.06. The lowest BCUT2D eigenvalue weighted by Crippen LogP contribution is -2.70. The van der Waals surface area contributed by atoms with E-state index < -0.39 is 5.54 Å². The summed E-state index contributed by atoms with van der Waals surface area (Å²) in [6.45, 7) is 5.02. The number of hydrogen-bond acceptors (Lipinski definition) is 2. The van der Waals surface area contributed by atoms with Gasteiger partial charge in [0.15, 0.2) is 0 Å². The number of nitrogens with one attached hydrogen (secondary N) is 1. The zero-order valence-corrected chi connectivity index (χ0v) is 12.7. The number of hydrogen-bond donors (Lipinski definition) is 1. The van der Waals surface area contributed by atoms with Gasteiger partial charge in [0.2, 0.25) is 11.8 Å². The average molecular weight is 278 g/mol. The first kappa shape index (κ1) is 13.9. The van der Waals surface area contributed by atoms with Gasteiger partial charge in [-0.1, -0.05) is 33.1 Å². The van der Waals surface area contributed by atoms with Gasteiger partial charge in [0, 0.05) is 6.54 Å². The lowest BCUT2D eigenvalue weighted by molar-refractivity contribution is -0.157. The zero-order chi connectivity index (χ0) is 14.4. The van der Waals surface area contributed by atoms with Crippen LogP contribution in [0.2, 0.25) is 0 Å².